The van der Waals surface area contributed by atoms with Crippen molar-refractivity contribution in [3.8, 4) is 11.3 Å². The molecule has 0 fully saturated rings. The van der Waals surface area contributed by atoms with Gasteiger partial charge in [-0.05, 0) is 61.1 Å². The molecule has 0 aliphatic heterocycles. The number of thiocarbonyl (C=S) groups is 1. The summed E-state index contributed by atoms with van der Waals surface area (Å²) in [5.41, 5.74) is 2.33. The first-order chi connectivity index (χ1) is 12.8. The molecule has 0 bridgehead atoms. The second-order valence-electron chi connectivity index (χ2n) is 5.66. The van der Waals surface area contributed by atoms with Crippen LogP contribution in [0.1, 0.15) is 16.1 Å². The van der Waals surface area contributed by atoms with Crippen LogP contribution in [-0.2, 0) is 0 Å². The molecule has 2 aromatic carbocycles. The summed E-state index contributed by atoms with van der Waals surface area (Å²) < 4.78 is 6.47. The highest BCUT2D eigenvalue weighted by Gasteiger charge is 2.15. The summed E-state index contributed by atoms with van der Waals surface area (Å²) in [6, 6.07) is 14.1. The molecule has 2 N–H and O–H groups in total. The summed E-state index contributed by atoms with van der Waals surface area (Å²) in [6.07, 6.45) is 0. The largest absolute Gasteiger partial charge is 0.451 e. The molecule has 8 heteroatoms. The third-order valence-electron chi connectivity index (χ3n) is 3.69. The topological polar surface area (TPSA) is 54.3 Å². The lowest BCUT2D eigenvalue weighted by molar-refractivity contribution is 0.0951. The van der Waals surface area contributed by atoms with E-state index in [0.29, 0.717) is 21.5 Å². The summed E-state index contributed by atoms with van der Waals surface area (Å²) in [5, 5.41) is 6.65. The first-order valence-electron chi connectivity index (χ1n) is 7.77. The van der Waals surface area contributed by atoms with Crippen molar-refractivity contribution in [2.24, 2.45) is 0 Å². The molecule has 1 aromatic heterocycles. The fraction of sp³-hybridized carbons (Fsp3) is 0.0526. The van der Waals surface area contributed by atoms with E-state index in [1.165, 1.54) is 0 Å². The van der Waals surface area contributed by atoms with Crippen LogP contribution in [0.2, 0.25) is 10.0 Å². The van der Waals surface area contributed by atoms with Crippen molar-refractivity contribution in [1.29, 1.82) is 0 Å². The summed E-state index contributed by atoms with van der Waals surface area (Å²) in [4.78, 5) is 12.4. The standard InChI is InChI=1S/C19H13BrCl2N2O2S/c1-10-2-3-11(8-13(10)21)16-6-7-17(26-16)18(25)24-19(27)23-15-5-4-12(20)9-14(15)22/h2-9H,1H3,(H2,23,24,25,27). The Morgan fingerprint density at radius 3 is 2.56 bits per heavy atom. The first-order valence-corrected chi connectivity index (χ1v) is 9.73. The number of carbonyl (C=O) groups is 1. The van der Waals surface area contributed by atoms with E-state index in [0.717, 1.165) is 15.6 Å². The van der Waals surface area contributed by atoms with Crippen LogP contribution in [0.5, 0.6) is 0 Å². The van der Waals surface area contributed by atoms with Crippen LogP contribution in [0.3, 0.4) is 0 Å². The number of furan rings is 1. The molecular formula is C19H13BrCl2N2O2S. The number of aryl methyl sites for hydroxylation is 1. The number of nitrogens with one attached hydrogen (secondary N) is 2. The molecule has 3 rings (SSSR count). The molecule has 27 heavy (non-hydrogen) atoms. The van der Waals surface area contributed by atoms with Gasteiger partial charge in [-0.25, -0.2) is 0 Å². The maximum absolute atomic E-state index is 12.4. The molecule has 0 aliphatic rings. The molecule has 0 aliphatic carbocycles. The number of rotatable bonds is 3. The molecular weight excluding hydrogens is 471 g/mol. The molecule has 1 amide bonds. The van der Waals surface area contributed by atoms with Gasteiger partial charge in [-0.3, -0.25) is 10.1 Å². The van der Waals surface area contributed by atoms with Gasteiger partial charge in [-0.1, -0.05) is 51.3 Å². The highest BCUT2D eigenvalue weighted by molar-refractivity contribution is 9.10. The Morgan fingerprint density at radius 1 is 1.07 bits per heavy atom. The molecule has 0 unspecified atom stereocenters. The van der Waals surface area contributed by atoms with E-state index in [4.69, 9.17) is 39.8 Å². The second kappa shape index (κ2) is 8.44. The van der Waals surface area contributed by atoms with Gasteiger partial charge in [0.2, 0.25) is 0 Å². The van der Waals surface area contributed by atoms with Crippen LogP contribution in [-0.4, -0.2) is 11.0 Å². The van der Waals surface area contributed by atoms with Gasteiger partial charge in [0.1, 0.15) is 5.76 Å². The van der Waals surface area contributed by atoms with E-state index in [9.17, 15) is 4.79 Å². The summed E-state index contributed by atoms with van der Waals surface area (Å²) >= 11 is 20.8. The maximum atomic E-state index is 12.4. The summed E-state index contributed by atoms with van der Waals surface area (Å²) in [5.74, 6) is 0.204. The van der Waals surface area contributed by atoms with Crippen molar-refractivity contribution < 1.29 is 9.21 Å². The lowest BCUT2D eigenvalue weighted by atomic mass is 10.1. The minimum Gasteiger partial charge on any atom is -0.451 e. The summed E-state index contributed by atoms with van der Waals surface area (Å²) in [6.45, 7) is 1.92. The van der Waals surface area contributed by atoms with E-state index >= 15 is 0 Å². The van der Waals surface area contributed by atoms with E-state index in [1.807, 2.05) is 25.1 Å². The quantitative estimate of drug-likeness (QED) is 0.420. The van der Waals surface area contributed by atoms with Gasteiger partial charge in [-0.2, -0.15) is 0 Å². The highest BCUT2D eigenvalue weighted by Crippen LogP contribution is 2.27. The van der Waals surface area contributed by atoms with Gasteiger partial charge in [0, 0.05) is 15.1 Å². The lowest BCUT2D eigenvalue weighted by Crippen LogP contribution is -2.33. The predicted molar refractivity (Wildman–Crippen MR) is 117 cm³/mol. The normalized spacial score (nSPS) is 10.5. The Hall–Kier alpha value is -1.86. The van der Waals surface area contributed by atoms with Crippen LogP contribution in [0.15, 0.2) is 57.4 Å². The zero-order valence-corrected chi connectivity index (χ0v) is 17.9. The third kappa shape index (κ3) is 4.90. The highest BCUT2D eigenvalue weighted by atomic mass is 79.9. The van der Waals surface area contributed by atoms with Crippen LogP contribution in [0.4, 0.5) is 5.69 Å². The summed E-state index contributed by atoms with van der Waals surface area (Å²) in [7, 11) is 0. The Morgan fingerprint density at radius 2 is 1.85 bits per heavy atom. The fourth-order valence-electron chi connectivity index (χ4n) is 2.27. The molecule has 3 aromatic rings. The van der Waals surface area contributed by atoms with Crippen molar-refractivity contribution in [3.05, 3.63) is 74.4 Å². The smallest absolute Gasteiger partial charge is 0.293 e. The molecule has 0 spiro atoms. The molecule has 4 nitrogen and oxygen atoms in total. The van der Waals surface area contributed by atoms with Crippen LogP contribution < -0.4 is 10.6 Å². The minimum atomic E-state index is -0.467. The minimum absolute atomic E-state index is 0.112. The van der Waals surface area contributed by atoms with Crippen molar-refractivity contribution in [1.82, 2.24) is 5.32 Å². The second-order valence-corrected chi connectivity index (χ2v) is 7.80. The van der Waals surface area contributed by atoms with E-state index in [1.54, 1.807) is 30.3 Å². The van der Waals surface area contributed by atoms with Gasteiger partial charge in [0.15, 0.2) is 10.9 Å². The number of benzene rings is 2. The number of halogens is 3. The average Bonchev–Trinajstić information content (AvgIpc) is 3.10. The van der Waals surface area contributed by atoms with Crippen LogP contribution in [0, 0.1) is 6.92 Å². The number of amides is 1. The Kier molecular flexibility index (Phi) is 6.22. The lowest BCUT2D eigenvalue weighted by Gasteiger charge is -2.10. The molecule has 0 radical (unpaired) electrons. The van der Waals surface area contributed by atoms with Gasteiger partial charge in [-0.15, -0.1) is 0 Å². The third-order valence-corrected chi connectivity index (χ3v) is 5.11. The number of carbonyl (C=O) groups excluding carboxylic acids is 1. The molecule has 138 valence electrons. The van der Waals surface area contributed by atoms with Gasteiger partial charge < -0.3 is 9.73 Å². The zero-order valence-electron chi connectivity index (χ0n) is 14.0. The fourth-order valence-corrected chi connectivity index (χ4v) is 3.37. The molecule has 1 heterocycles. The van der Waals surface area contributed by atoms with E-state index < -0.39 is 5.91 Å². The van der Waals surface area contributed by atoms with Crippen molar-refractivity contribution in [2.75, 3.05) is 5.32 Å². The Bertz CT molecular complexity index is 1040. The first kappa shape index (κ1) is 19.9. The van der Waals surface area contributed by atoms with Crippen molar-refractivity contribution in [2.45, 2.75) is 6.92 Å². The average molecular weight is 484 g/mol. The zero-order chi connectivity index (χ0) is 19.6. The maximum Gasteiger partial charge on any atom is 0.293 e. The van der Waals surface area contributed by atoms with Gasteiger partial charge in [0.25, 0.3) is 5.91 Å². The van der Waals surface area contributed by atoms with E-state index in [-0.39, 0.29) is 10.9 Å². The van der Waals surface area contributed by atoms with Crippen molar-refractivity contribution in [3.63, 3.8) is 0 Å². The van der Waals surface area contributed by atoms with Gasteiger partial charge in [0.05, 0.1) is 10.7 Å². The predicted octanol–water partition coefficient (Wildman–Crippen LogP) is 6.45. The van der Waals surface area contributed by atoms with Gasteiger partial charge >= 0.3 is 0 Å². The number of anilines is 1. The van der Waals surface area contributed by atoms with Crippen molar-refractivity contribution >= 4 is 68.1 Å². The Balaban J connectivity index is 1.68. The molecule has 0 saturated heterocycles. The monoisotopic (exact) mass is 482 g/mol. The van der Waals surface area contributed by atoms with Crippen LogP contribution in [0.25, 0.3) is 11.3 Å². The Labute approximate surface area is 180 Å². The van der Waals surface area contributed by atoms with Crippen LogP contribution >= 0.6 is 51.3 Å². The molecule has 0 atom stereocenters. The van der Waals surface area contributed by atoms with E-state index in [2.05, 4.69) is 26.6 Å². The number of hydrogen-bond acceptors (Lipinski definition) is 3. The SMILES string of the molecule is Cc1ccc(-c2ccc(C(=O)NC(=S)Nc3ccc(Br)cc3Cl)o2)cc1Cl. The number of hydrogen-bond donors (Lipinski definition) is 2. The molecule has 0 saturated carbocycles.